The molecular weight excluding hydrogens is 172 g/mol. The normalized spacial score (nSPS) is 11.1. The SMILES string of the molecule is CNCCC=Cc1ccc(C)nc1C. The van der Waals surface area contributed by atoms with Crippen LogP contribution in [0.2, 0.25) is 0 Å². The van der Waals surface area contributed by atoms with Crippen LogP contribution in [0, 0.1) is 13.8 Å². The molecule has 14 heavy (non-hydrogen) atoms. The molecule has 2 heteroatoms. The van der Waals surface area contributed by atoms with Gasteiger partial charge in [-0.25, -0.2) is 0 Å². The smallest absolute Gasteiger partial charge is 0.0447 e. The Kier molecular flexibility index (Phi) is 4.33. The van der Waals surface area contributed by atoms with Crippen LogP contribution in [0.4, 0.5) is 0 Å². The Morgan fingerprint density at radius 2 is 2.14 bits per heavy atom. The second-order valence-corrected chi connectivity index (χ2v) is 3.42. The minimum Gasteiger partial charge on any atom is -0.319 e. The van der Waals surface area contributed by atoms with Crippen LogP contribution in [-0.2, 0) is 0 Å². The highest BCUT2D eigenvalue weighted by atomic mass is 14.8. The predicted octanol–water partition coefficient (Wildman–Crippen LogP) is 2.32. The van der Waals surface area contributed by atoms with Gasteiger partial charge in [0, 0.05) is 11.4 Å². The molecule has 0 saturated carbocycles. The van der Waals surface area contributed by atoms with Crippen molar-refractivity contribution in [3.63, 3.8) is 0 Å². The van der Waals surface area contributed by atoms with Gasteiger partial charge in [0.25, 0.3) is 0 Å². The van der Waals surface area contributed by atoms with Crippen LogP contribution in [0.5, 0.6) is 0 Å². The van der Waals surface area contributed by atoms with Gasteiger partial charge in [-0.1, -0.05) is 18.2 Å². The summed E-state index contributed by atoms with van der Waals surface area (Å²) < 4.78 is 0. The minimum atomic E-state index is 1.02. The first-order valence-electron chi connectivity index (χ1n) is 4.99. The number of nitrogens with one attached hydrogen (secondary N) is 1. The van der Waals surface area contributed by atoms with Crippen LogP contribution in [0.1, 0.15) is 23.4 Å². The summed E-state index contributed by atoms with van der Waals surface area (Å²) in [5, 5.41) is 3.11. The van der Waals surface area contributed by atoms with Crippen LogP contribution < -0.4 is 5.32 Å². The summed E-state index contributed by atoms with van der Waals surface area (Å²) in [6.45, 7) is 5.08. The van der Waals surface area contributed by atoms with Crippen LogP contribution in [0.3, 0.4) is 0 Å². The second-order valence-electron chi connectivity index (χ2n) is 3.42. The molecule has 0 unspecified atom stereocenters. The minimum absolute atomic E-state index is 1.02. The lowest BCUT2D eigenvalue weighted by Gasteiger charge is -2.00. The van der Waals surface area contributed by atoms with Crippen molar-refractivity contribution in [1.29, 1.82) is 0 Å². The molecule has 1 aromatic heterocycles. The monoisotopic (exact) mass is 190 g/mol. The average Bonchev–Trinajstić information content (AvgIpc) is 2.15. The third-order valence-corrected chi connectivity index (χ3v) is 2.12. The fourth-order valence-electron chi connectivity index (χ4n) is 1.31. The molecule has 0 aliphatic heterocycles. The van der Waals surface area contributed by atoms with Gasteiger partial charge in [-0.3, -0.25) is 4.98 Å². The highest BCUT2D eigenvalue weighted by molar-refractivity contribution is 5.51. The molecule has 1 rings (SSSR count). The quantitative estimate of drug-likeness (QED) is 0.737. The molecule has 0 fully saturated rings. The van der Waals surface area contributed by atoms with Crippen molar-refractivity contribution in [2.75, 3.05) is 13.6 Å². The van der Waals surface area contributed by atoms with E-state index in [0.717, 1.165) is 24.4 Å². The molecule has 0 saturated heterocycles. The van der Waals surface area contributed by atoms with Crippen LogP contribution >= 0.6 is 0 Å². The van der Waals surface area contributed by atoms with Gasteiger partial charge in [-0.2, -0.15) is 0 Å². The molecule has 1 heterocycles. The summed E-state index contributed by atoms with van der Waals surface area (Å²) in [6, 6.07) is 4.16. The second kappa shape index (κ2) is 5.55. The van der Waals surface area contributed by atoms with E-state index in [1.54, 1.807) is 0 Å². The van der Waals surface area contributed by atoms with E-state index >= 15 is 0 Å². The van der Waals surface area contributed by atoms with Gasteiger partial charge in [0.2, 0.25) is 0 Å². The zero-order valence-electron chi connectivity index (χ0n) is 9.17. The van der Waals surface area contributed by atoms with Crippen molar-refractivity contribution >= 4 is 6.08 Å². The summed E-state index contributed by atoms with van der Waals surface area (Å²) >= 11 is 0. The summed E-state index contributed by atoms with van der Waals surface area (Å²) in [6.07, 6.45) is 5.37. The Labute approximate surface area is 86.1 Å². The zero-order valence-corrected chi connectivity index (χ0v) is 9.17. The number of hydrogen-bond donors (Lipinski definition) is 1. The maximum absolute atomic E-state index is 4.41. The van der Waals surface area contributed by atoms with Gasteiger partial charge in [-0.05, 0) is 45.5 Å². The number of rotatable bonds is 4. The standard InChI is InChI=1S/C12H18N2/c1-10-7-8-12(11(2)14-10)6-4-5-9-13-3/h4,6-8,13H,5,9H2,1-3H3. The number of aromatic nitrogens is 1. The van der Waals surface area contributed by atoms with Crippen molar-refractivity contribution in [3.8, 4) is 0 Å². The lowest BCUT2D eigenvalue weighted by atomic mass is 10.1. The van der Waals surface area contributed by atoms with Crippen molar-refractivity contribution in [2.24, 2.45) is 0 Å². The zero-order chi connectivity index (χ0) is 10.4. The molecule has 2 nitrogen and oxygen atoms in total. The van der Waals surface area contributed by atoms with Crippen LogP contribution in [-0.4, -0.2) is 18.6 Å². The van der Waals surface area contributed by atoms with Gasteiger partial charge < -0.3 is 5.32 Å². The fraction of sp³-hybridized carbons (Fsp3) is 0.417. The highest BCUT2D eigenvalue weighted by Crippen LogP contribution is 2.08. The third kappa shape index (κ3) is 3.30. The van der Waals surface area contributed by atoms with Gasteiger partial charge in [0.15, 0.2) is 0 Å². The first-order valence-corrected chi connectivity index (χ1v) is 4.99. The first-order chi connectivity index (χ1) is 6.74. The summed E-state index contributed by atoms with van der Waals surface area (Å²) in [7, 11) is 1.96. The van der Waals surface area contributed by atoms with Gasteiger partial charge in [-0.15, -0.1) is 0 Å². The molecule has 0 spiro atoms. The van der Waals surface area contributed by atoms with E-state index < -0.39 is 0 Å². The van der Waals surface area contributed by atoms with E-state index in [4.69, 9.17) is 0 Å². The molecule has 0 aliphatic rings. The average molecular weight is 190 g/mol. The van der Waals surface area contributed by atoms with E-state index in [-0.39, 0.29) is 0 Å². The first kappa shape index (κ1) is 10.9. The molecule has 0 aromatic carbocycles. The fourth-order valence-corrected chi connectivity index (χ4v) is 1.31. The summed E-state index contributed by atoms with van der Waals surface area (Å²) in [4.78, 5) is 4.41. The van der Waals surface area contributed by atoms with Crippen molar-refractivity contribution in [2.45, 2.75) is 20.3 Å². The largest absolute Gasteiger partial charge is 0.319 e. The lowest BCUT2D eigenvalue weighted by Crippen LogP contribution is -2.05. The molecular formula is C12H18N2. The van der Waals surface area contributed by atoms with E-state index in [0.29, 0.717) is 0 Å². The van der Waals surface area contributed by atoms with E-state index in [9.17, 15) is 0 Å². The van der Waals surface area contributed by atoms with Gasteiger partial charge in [0.1, 0.15) is 0 Å². The van der Waals surface area contributed by atoms with Crippen molar-refractivity contribution in [1.82, 2.24) is 10.3 Å². The van der Waals surface area contributed by atoms with Crippen LogP contribution in [0.15, 0.2) is 18.2 Å². The molecule has 0 aliphatic carbocycles. The van der Waals surface area contributed by atoms with Gasteiger partial charge in [0.05, 0.1) is 0 Å². The maximum atomic E-state index is 4.41. The molecule has 0 radical (unpaired) electrons. The summed E-state index contributed by atoms with van der Waals surface area (Å²) in [5.74, 6) is 0. The van der Waals surface area contributed by atoms with E-state index in [1.807, 2.05) is 27.0 Å². The topological polar surface area (TPSA) is 24.9 Å². The maximum Gasteiger partial charge on any atom is 0.0447 e. The predicted molar refractivity (Wildman–Crippen MR) is 61.3 cm³/mol. The van der Waals surface area contributed by atoms with Crippen molar-refractivity contribution in [3.05, 3.63) is 35.2 Å². The number of nitrogens with zero attached hydrogens (tertiary/aromatic N) is 1. The Balaban J connectivity index is 2.62. The Bertz CT molecular complexity index is 316. The molecule has 1 N–H and O–H groups in total. The highest BCUT2D eigenvalue weighted by Gasteiger charge is 1.94. The third-order valence-electron chi connectivity index (χ3n) is 2.12. The molecule has 0 amide bonds. The Morgan fingerprint density at radius 1 is 1.36 bits per heavy atom. The Hall–Kier alpha value is -1.15. The molecule has 0 atom stereocenters. The van der Waals surface area contributed by atoms with Crippen LogP contribution in [0.25, 0.3) is 6.08 Å². The molecule has 0 bridgehead atoms. The number of pyridine rings is 1. The number of aryl methyl sites for hydroxylation is 2. The molecule has 76 valence electrons. The number of hydrogen-bond acceptors (Lipinski definition) is 2. The lowest BCUT2D eigenvalue weighted by molar-refractivity contribution is 0.809. The summed E-state index contributed by atoms with van der Waals surface area (Å²) in [5.41, 5.74) is 3.40. The molecule has 1 aromatic rings. The van der Waals surface area contributed by atoms with Gasteiger partial charge >= 0.3 is 0 Å². The van der Waals surface area contributed by atoms with Crippen molar-refractivity contribution < 1.29 is 0 Å². The Morgan fingerprint density at radius 3 is 2.79 bits per heavy atom. The van der Waals surface area contributed by atoms with E-state index in [1.165, 1.54) is 5.56 Å². The van der Waals surface area contributed by atoms with E-state index in [2.05, 4.69) is 28.5 Å².